The molecule has 2 aliphatic heterocycles. The van der Waals surface area contributed by atoms with Crippen LogP contribution in [0.4, 0.5) is 5.69 Å². The molecule has 10 heteroatoms. The van der Waals surface area contributed by atoms with Gasteiger partial charge in [0, 0.05) is 44.7 Å². The molecule has 0 saturated carbocycles. The molecule has 1 N–H and O–H groups in total. The van der Waals surface area contributed by atoms with Crippen LogP contribution in [-0.2, 0) is 15.9 Å². The molecule has 0 aliphatic carbocycles. The lowest BCUT2D eigenvalue weighted by molar-refractivity contribution is -0.0206. The van der Waals surface area contributed by atoms with Crippen molar-refractivity contribution >= 4 is 40.7 Å². The molecule has 1 amide bonds. The van der Waals surface area contributed by atoms with Crippen LogP contribution < -0.4 is 10.2 Å². The molecule has 1 unspecified atom stereocenters. The largest absolute Gasteiger partial charge is 0.453 e. The van der Waals surface area contributed by atoms with Gasteiger partial charge in [-0.15, -0.1) is 0 Å². The van der Waals surface area contributed by atoms with E-state index in [4.69, 9.17) is 37.7 Å². The number of aromatic nitrogens is 2. The Morgan fingerprint density at radius 3 is 2.60 bits per heavy atom. The number of anilines is 1. The molecule has 3 aromatic rings. The smallest absolute Gasteiger partial charge is 0.271 e. The monoisotopic (exact) mass is 583 g/mol. The fourth-order valence-electron chi connectivity index (χ4n) is 5.14. The number of imidazole rings is 1. The highest BCUT2D eigenvalue weighted by molar-refractivity contribution is 6.43. The Balaban J connectivity index is 1.13. The minimum Gasteiger partial charge on any atom is -0.453 e. The predicted molar refractivity (Wildman–Crippen MR) is 159 cm³/mol. The van der Waals surface area contributed by atoms with Crippen LogP contribution >= 0.6 is 23.2 Å². The third kappa shape index (κ3) is 6.24. The molecule has 0 bridgehead atoms. The molecular formula is C30H35Cl2N5O3. The molecule has 0 spiro atoms. The number of rotatable bonds is 10. The normalized spacial score (nSPS) is 17.4. The fraction of sp³-hybridized carbons (Fsp3) is 0.400. The zero-order chi connectivity index (χ0) is 28.1. The average Bonchev–Trinajstić information content (AvgIpc) is 3.58. The molecule has 5 rings (SSSR count). The van der Waals surface area contributed by atoms with Crippen LogP contribution in [0.5, 0.6) is 0 Å². The lowest BCUT2D eigenvalue weighted by Gasteiger charge is -2.36. The number of ether oxygens (including phenoxy) is 2. The number of aryl methyl sites for hydroxylation is 1. The highest BCUT2D eigenvalue weighted by atomic mass is 35.5. The maximum absolute atomic E-state index is 13.1. The lowest BCUT2D eigenvalue weighted by atomic mass is 10.2. The van der Waals surface area contributed by atoms with Crippen LogP contribution in [0.2, 0.25) is 10.0 Å². The second kappa shape index (κ2) is 13.0. The molecule has 1 fully saturated rings. The Hall–Kier alpha value is -3.20. The van der Waals surface area contributed by atoms with E-state index in [-0.39, 0.29) is 5.91 Å². The number of nitrogens with zero attached hydrogens (tertiary/aromatic N) is 4. The van der Waals surface area contributed by atoms with Crippen LogP contribution in [0.3, 0.4) is 0 Å². The summed E-state index contributed by atoms with van der Waals surface area (Å²) < 4.78 is 13.8. The molecule has 212 valence electrons. The van der Waals surface area contributed by atoms with E-state index in [1.54, 1.807) is 6.26 Å². The summed E-state index contributed by atoms with van der Waals surface area (Å²) >= 11 is 12.6. The van der Waals surface area contributed by atoms with E-state index in [0.717, 1.165) is 74.8 Å². The van der Waals surface area contributed by atoms with E-state index in [0.29, 0.717) is 28.2 Å². The van der Waals surface area contributed by atoms with Crippen LogP contribution in [0, 0.1) is 6.92 Å². The zero-order valence-corrected chi connectivity index (χ0v) is 24.4. The molecule has 0 radical (unpaired) electrons. The number of amides is 1. The summed E-state index contributed by atoms with van der Waals surface area (Å²) in [5, 5.41) is 4.25. The Kier molecular flexibility index (Phi) is 9.19. The number of benzene rings is 2. The van der Waals surface area contributed by atoms with E-state index in [1.807, 2.05) is 60.0 Å². The highest BCUT2D eigenvalue weighted by Gasteiger charge is 2.28. The fourth-order valence-corrected chi connectivity index (χ4v) is 5.56. The first kappa shape index (κ1) is 28.3. The number of nitrogens with one attached hydrogen (secondary N) is 1. The number of halogens is 2. The number of carbonyl (C=O) groups excluding carboxylic acids is 1. The summed E-state index contributed by atoms with van der Waals surface area (Å²) in [5.74, 6) is 1.15. The van der Waals surface area contributed by atoms with Gasteiger partial charge < -0.3 is 19.7 Å². The van der Waals surface area contributed by atoms with Crippen molar-refractivity contribution in [3.63, 3.8) is 0 Å². The Bertz CT molecular complexity index is 1350. The van der Waals surface area contributed by atoms with Gasteiger partial charge in [-0.05, 0) is 38.4 Å². The summed E-state index contributed by atoms with van der Waals surface area (Å²) in [5.41, 5.74) is 3.07. The molecule has 40 heavy (non-hydrogen) atoms. The Morgan fingerprint density at radius 1 is 1.07 bits per heavy atom. The second-order valence-electron chi connectivity index (χ2n) is 10.0. The number of piperazine rings is 1. The van der Waals surface area contributed by atoms with Gasteiger partial charge >= 0.3 is 0 Å². The predicted octanol–water partition coefficient (Wildman–Crippen LogP) is 5.89. The van der Waals surface area contributed by atoms with E-state index in [2.05, 4.69) is 22.0 Å². The Labute approximate surface area is 245 Å². The average molecular weight is 585 g/mol. The van der Waals surface area contributed by atoms with Crippen molar-refractivity contribution in [3.05, 3.63) is 87.6 Å². The minimum absolute atomic E-state index is 0.173. The first-order valence-corrected chi connectivity index (χ1v) is 14.6. The van der Waals surface area contributed by atoms with Crippen LogP contribution in [0.15, 0.2) is 54.8 Å². The van der Waals surface area contributed by atoms with Crippen molar-refractivity contribution in [2.24, 2.45) is 0 Å². The summed E-state index contributed by atoms with van der Waals surface area (Å²) in [7, 11) is 0. The topological polar surface area (TPSA) is 71.9 Å². The van der Waals surface area contributed by atoms with Crippen molar-refractivity contribution < 1.29 is 14.3 Å². The minimum atomic E-state index is -0.519. The molecule has 1 saturated heterocycles. The van der Waals surface area contributed by atoms with Crippen molar-refractivity contribution in [2.75, 3.05) is 44.2 Å². The maximum atomic E-state index is 13.1. The third-order valence-electron chi connectivity index (χ3n) is 7.26. The molecule has 8 nitrogen and oxygen atoms in total. The van der Waals surface area contributed by atoms with E-state index >= 15 is 0 Å². The van der Waals surface area contributed by atoms with Gasteiger partial charge in [-0.25, -0.2) is 4.98 Å². The van der Waals surface area contributed by atoms with Crippen molar-refractivity contribution in [1.82, 2.24) is 19.8 Å². The van der Waals surface area contributed by atoms with Crippen LogP contribution in [0.1, 0.15) is 53.6 Å². The van der Waals surface area contributed by atoms with Gasteiger partial charge in [-0.3, -0.25) is 14.3 Å². The summed E-state index contributed by atoms with van der Waals surface area (Å²) in [4.78, 5) is 22.5. The van der Waals surface area contributed by atoms with Gasteiger partial charge in [0.1, 0.15) is 17.8 Å². The Morgan fingerprint density at radius 2 is 1.85 bits per heavy atom. The highest BCUT2D eigenvalue weighted by Crippen LogP contribution is 2.34. The summed E-state index contributed by atoms with van der Waals surface area (Å²) in [6, 6.07) is 15.5. The number of carbonyl (C=O) groups is 1. The van der Waals surface area contributed by atoms with Crippen molar-refractivity contribution in [3.8, 4) is 0 Å². The standard InChI is InChI=1S/C30H35Cl2N5O3/c1-3-9-25-34-28(21(2)37(25)26-20-39-30(40-26)22-10-5-4-6-11-22)29(38)33-14-8-15-35-16-18-36(19-17-35)24-13-7-12-23(31)27(24)32/h4-7,10-13,20,30H,3,8-9,14-19H2,1-2H3,(H,33,38). The maximum Gasteiger partial charge on any atom is 0.271 e. The summed E-state index contributed by atoms with van der Waals surface area (Å²) in [6.07, 6.45) is 3.55. The van der Waals surface area contributed by atoms with Gasteiger partial charge in [0.2, 0.25) is 5.88 Å². The van der Waals surface area contributed by atoms with Gasteiger partial charge in [0.15, 0.2) is 0 Å². The first-order valence-electron chi connectivity index (χ1n) is 13.8. The molecule has 2 aliphatic rings. The third-order valence-corrected chi connectivity index (χ3v) is 8.07. The molecule has 2 aromatic carbocycles. The second-order valence-corrected chi connectivity index (χ2v) is 10.8. The van der Waals surface area contributed by atoms with E-state index in [1.165, 1.54) is 0 Å². The molecule has 3 heterocycles. The van der Waals surface area contributed by atoms with Gasteiger partial charge in [-0.1, -0.05) is 66.5 Å². The van der Waals surface area contributed by atoms with E-state index < -0.39 is 6.29 Å². The van der Waals surface area contributed by atoms with Gasteiger partial charge in [0.25, 0.3) is 12.2 Å². The van der Waals surface area contributed by atoms with Crippen molar-refractivity contribution in [2.45, 2.75) is 39.4 Å². The SMILES string of the molecule is CCCc1nc(C(=O)NCCCN2CCN(c3cccc(Cl)c3Cl)CC2)c(C)n1C1=COC(c2ccccc2)O1. The quantitative estimate of drug-likeness (QED) is 0.300. The lowest BCUT2D eigenvalue weighted by Crippen LogP contribution is -2.47. The summed E-state index contributed by atoms with van der Waals surface area (Å²) in [6.45, 7) is 9.10. The zero-order valence-electron chi connectivity index (χ0n) is 22.9. The van der Waals surface area contributed by atoms with Crippen LogP contribution in [0.25, 0.3) is 5.88 Å². The van der Waals surface area contributed by atoms with Crippen LogP contribution in [-0.4, -0.2) is 59.6 Å². The van der Waals surface area contributed by atoms with Crippen molar-refractivity contribution in [1.29, 1.82) is 0 Å². The van der Waals surface area contributed by atoms with Gasteiger partial charge in [-0.2, -0.15) is 0 Å². The van der Waals surface area contributed by atoms with E-state index in [9.17, 15) is 4.79 Å². The van der Waals surface area contributed by atoms with Gasteiger partial charge in [0.05, 0.1) is 21.4 Å². The molecule has 1 atom stereocenters. The number of hydrogen-bond donors (Lipinski definition) is 1. The molecule has 1 aromatic heterocycles. The first-order chi connectivity index (χ1) is 19.5. The molecular weight excluding hydrogens is 549 g/mol. The number of hydrogen-bond acceptors (Lipinski definition) is 6.